The van der Waals surface area contributed by atoms with E-state index in [9.17, 15) is 17.6 Å². The molecule has 2 N–H and O–H groups in total. The molecule has 0 aromatic heterocycles. The van der Waals surface area contributed by atoms with Crippen LogP contribution in [0.1, 0.15) is 5.56 Å². The summed E-state index contributed by atoms with van der Waals surface area (Å²) < 4.78 is 51.0. The third-order valence-electron chi connectivity index (χ3n) is 2.67. The van der Waals surface area contributed by atoms with Gasteiger partial charge in [-0.15, -0.1) is 0 Å². The number of hydrogen-bond donors (Lipinski definition) is 2. The van der Waals surface area contributed by atoms with Gasteiger partial charge in [0.2, 0.25) is 0 Å². The molecule has 0 aliphatic rings. The summed E-state index contributed by atoms with van der Waals surface area (Å²) in [4.78, 5) is 0. The van der Waals surface area contributed by atoms with Crippen molar-refractivity contribution in [3.63, 3.8) is 0 Å². The van der Waals surface area contributed by atoms with Crippen molar-refractivity contribution >= 4 is 40.3 Å². The molecule has 116 valence electrons. The molecule has 2 aromatic rings. The Kier molecular flexibility index (Phi) is 4.87. The van der Waals surface area contributed by atoms with E-state index in [0.717, 1.165) is 12.1 Å². The highest BCUT2D eigenvalue weighted by molar-refractivity contribution is 7.80. The van der Waals surface area contributed by atoms with Gasteiger partial charge < -0.3 is 10.6 Å². The maximum Gasteiger partial charge on any atom is 0.416 e. The summed E-state index contributed by atoms with van der Waals surface area (Å²) >= 11 is 10.6. The van der Waals surface area contributed by atoms with Crippen molar-refractivity contribution in [2.45, 2.75) is 6.18 Å². The zero-order chi connectivity index (χ0) is 16.3. The van der Waals surface area contributed by atoms with Crippen molar-refractivity contribution in [2.75, 3.05) is 10.6 Å². The van der Waals surface area contributed by atoms with Crippen LogP contribution in [0, 0.1) is 5.82 Å². The van der Waals surface area contributed by atoms with E-state index >= 15 is 0 Å². The van der Waals surface area contributed by atoms with Crippen LogP contribution in [0.2, 0.25) is 5.02 Å². The first-order valence-corrected chi connectivity index (χ1v) is 6.75. The summed E-state index contributed by atoms with van der Waals surface area (Å²) in [5.74, 6) is -0.666. The fourth-order valence-electron chi connectivity index (χ4n) is 1.63. The van der Waals surface area contributed by atoms with E-state index in [1.165, 1.54) is 30.3 Å². The molecule has 0 spiro atoms. The molecule has 22 heavy (non-hydrogen) atoms. The molecule has 0 atom stereocenters. The quantitative estimate of drug-likeness (QED) is 0.568. The summed E-state index contributed by atoms with van der Waals surface area (Å²) in [7, 11) is 0. The molecule has 0 amide bonds. The summed E-state index contributed by atoms with van der Waals surface area (Å²) in [6, 6.07) is 8.65. The SMILES string of the molecule is Fc1c(Cl)cccc1NC(=S)Nc1ccc(C(F)(F)F)cc1. The van der Waals surface area contributed by atoms with Crippen LogP contribution in [0.5, 0.6) is 0 Å². The van der Waals surface area contributed by atoms with Crippen LogP contribution in [0.4, 0.5) is 28.9 Å². The lowest BCUT2D eigenvalue weighted by molar-refractivity contribution is -0.137. The predicted molar refractivity (Wildman–Crippen MR) is 82.7 cm³/mol. The number of hydrogen-bond acceptors (Lipinski definition) is 1. The molecule has 0 bridgehead atoms. The number of alkyl halides is 3. The zero-order valence-corrected chi connectivity index (χ0v) is 12.4. The highest BCUT2D eigenvalue weighted by Gasteiger charge is 2.29. The van der Waals surface area contributed by atoms with E-state index in [0.29, 0.717) is 5.69 Å². The standard InChI is InChI=1S/C14H9ClF4N2S/c15-10-2-1-3-11(12(10)16)21-13(22)20-9-6-4-8(5-7-9)14(17,18)19/h1-7H,(H2,20,21,22). The molecular formula is C14H9ClF4N2S. The van der Waals surface area contributed by atoms with Crippen LogP contribution < -0.4 is 10.6 Å². The number of rotatable bonds is 2. The highest BCUT2D eigenvalue weighted by Crippen LogP contribution is 2.30. The van der Waals surface area contributed by atoms with Crippen LogP contribution in [-0.2, 0) is 6.18 Å². The van der Waals surface area contributed by atoms with Crippen molar-refractivity contribution in [1.29, 1.82) is 0 Å². The number of thiocarbonyl (C=S) groups is 1. The van der Waals surface area contributed by atoms with Crippen molar-refractivity contribution in [1.82, 2.24) is 0 Å². The van der Waals surface area contributed by atoms with Gasteiger partial charge >= 0.3 is 6.18 Å². The van der Waals surface area contributed by atoms with E-state index in [4.69, 9.17) is 23.8 Å². The van der Waals surface area contributed by atoms with Gasteiger partial charge in [0.05, 0.1) is 16.3 Å². The third-order valence-corrected chi connectivity index (χ3v) is 3.17. The first-order valence-electron chi connectivity index (χ1n) is 5.96. The molecule has 2 nitrogen and oxygen atoms in total. The highest BCUT2D eigenvalue weighted by atomic mass is 35.5. The van der Waals surface area contributed by atoms with Crippen LogP contribution >= 0.6 is 23.8 Å². The van der Waals surface area contributed by atoms with Crippen molar-refractivity contribution < 1.29 is 17.6 Å². The normalized spacial score (nSPS) is 11.1. The largest absolute Gasteiger partial charge is 0.416 e. The van der Waals surface area contributed by atoms with E-state index < -0.39 is 17.6 Å². The average molecular weight is 349 g/mol. The van der Waals surface area contributed by atoms with Crippen LogP contribution in [-0.4, -0.2) is 5.11 Å². The van der Waals surface area contributed by atoms with Gasteiger partial charge in [-0.1, -0.05) is 17.7 Å². The van der Waals surface area contributed by atoms with Gasteiger partial charge in [0.15, 0.2) is 10.9 Å². The Balaban J connectivity index is 2.05. The monoisotopic (exact) mass is 348 g/mol. The van der Waals surface area contributed by atoms with Gasteiger partial charge in [-0.25, -0.2) is 4.39 Å². The molecule has 8 heteroatoms. The summed E-state index contributed by atoms with van der Waals surface area (Å²) in [6.07, 6.45) is -4.40. The molecule has 0 aliphatic carbocycles. The van der Waals surface area contributed by atoms with Crippen LogP contribution in [0.3, 0.4) is 0 Å². The number of halogens is 5. The lowest BCUT2D eigenvalue weighted by Crippen LogP contribution is -2.20. The minimum absolute atomic E-state index is 0.0286. The Labute approximate surface area is 134 Å². The van der Waals surface area contributed by atoms with Gasteiger partial charge in [0.1, 0.15) is 0 Å². The molecule has 2 aromatic carbocycles. The van der Waals surface area contributed by atoms with E-state index in [1.54, 1.807) is 0 Å². The van der Waals surface area contributed by atoms with Crippen LogP contribution in [0.25, 0.3) is 0 Å². The smallest absolute Gasteiger partial charge is 0.332 e. The third kappa shape index (κ3) is 4.08. The fourth-order valence-corrected chi connectivity index (χ4v) is 2.03. The number of nitrogens with one attached hydrogen (secondary N) is 2. The Morgan fingerprint density at radius 1 is 1.00 bits per heavy atom. The first kappa shape index (κ1) is 16.5. The van der Waals surface area contributed by atoms with E-state index in [2.05, 4.69) is 10.6 Å². The minimum Gasteiger partial charge on any atom is -0.332 e. The van der Waals surface area contributed by atoms with Crippen molar-refractivity contribution in [3.05, 3.63) is 58.9 Å². The lowest BCUT2D eigenvalue weighted by atomic mass is 10.2. The molecule has 0 radical (unpaired) electrons. The molecule has 0 unspecified atom stereocenters. The average Bonchev–Trinajstić information content (AvgIpc) is 2.43. The maximum atomic E-state index is 13.7. The lowest BCUT2D eigenvalue weighted by Gasteiger charge is -2.12. The number of anilines is 2. The molecule has 0 saturated heterocycles. The molecule has 2 rings (SSSR count). The molecule has 0 fully saturated rings. The molecular weight excluding hydrogens is 340 g/mol. The summed E-state index contributed by atoms with van der Waals surface area (Å²) in [5, 5.41) is 5.20. The van der Waals surface area contributed by atoms with Crippen LogP contribution in [0.15, 0.2) is 42.5 Å². The molecule has 0 aliphatic heterocycles. The van der Waals surface area contributed by atoms with Gasteiger partial charge in [0, 0.05) is 5.69 Å². The van der Waals surface area contributed by atoms with Gasteiger partial charge in [-0.05, 0) is 48.6 Å². The second-order valence-corrected chi connectivity index (χ2v) is 5.07. The summed E-state index contributed by atoms with van der Waals surface area (Å²) in [5.41, 5.74) is -0.359. The topological polar surface area (TPSA) is 24.1 Å². The first-order chi connectivity index (χ1) is 10.3. The van der Waals surface area contributed by atoms with Crippen molar-refractivity contribution in [3.8, 4) is 0 Å². The molecule has 0 heterocycles. The Morgan fingerprint density at radius 3 is 2.23 bits per heavy atom. The van der Waals surface area contributed by atoms with Gasteiger partial charge in [0.25, 0.3) is 0 Å². The number of benzene rings is 2. The van der Waals surface area contributed by atoms with Crippen molar-refractivity contribution in [2.24, 2.45) is 0 Å². The zero-order valence-electron chi connectivity index (χ0n) is 10.8. The van der Waals surface area contributed by atoms with E-state index in [-0.39, 0.29) is 15.8 Å². The Hall–Kier alpha value is -1.86. The second-order valence-electron chi connectivity index (χ2n) is 4.26. The molecule has 0 saturated carbocycles. The van der Waals surface area contributed by atoms with Gasteiger partial charge in [-0.3, -0.25) is 0 Å². The Bertz CT molecular complexity index is 686. The van der Waals surface area contributed by atoms with E-state index in [1.807, 2.05) is 0 Å². The Morgan fingerprint density at radius 2 is 1.64 bits per heavy atom. The second kappa shape index (κ2) is 6.50. The maximum absolute atomic E-state index is 13.7. The predicted octanol–water partition coefficient (Wildman–Crippen LogP) is 5.31. The van der Waals surface area contributed by atoms with Gasteiger partial charge in [-0.2, -0.15) is 13.2 Å². The fraction of sp³-hybridized carbons (Fsp3) is 0.0714. The summed E-state index contributed by atoms with van der Waals surface area (Å²) in [6.45, 7) is 0. The minimum atomic E-state index is -4.40.